The number of hydrogen-bond acceptors (Lipinski definition) is 1. The zero-order valence-electron chi connectivity index (χ0n) is 11.0. The molecule has 0 heterocycles. The third-order valence-corrected chi connectivity index (χ3v) is 4.87. The fraction of sp³-hybridized carbons (Fsp3) is 0.600. The van der Waals surface area contributed by atoms with Crippen molar-refractivity contribution in [2.24, 2.45) is 11.8 Å². The van der Waals surface area contributed by atoms with E-state index in [1.165, 1.54) is 25.7 Å². The summed E-state index contributed by atoms with van der Waals surface area (Å²) >= 11 is 9.63. The lowest BCUT2D eigenvalue weighted by Gasteiger charge is -2.33. The summed E-state index contributed by atoms with van der Waals surface area (Å²) in [6.07, 6.45) is 5.25. The van der Waals surface area contributed by atoms with Gasteiger partial charge >= 0.3 is 0 Å². The quantitative estimate of drug-likeness (QED) is 0.746. The minimum absolute atomic E-state index is 0.584. The lowest BCUT2D eigenvalue weighted by Crippen LogP contribution is -2.29. The van der Waals surface area contributed by atoms with Crippen molar-refractivity contribution in [2.75, 3.05) is 5.32 Å². The van der Waals surface area contributed by atoms with Crippen LogP contribution in [0.5, 0.6) is 0 Å². The lowest BCUT2D eigenvalue weighted by atomic mass is 9.79. The Bertz CT molecular complexity index is 405. The van der Waals surface area contributed by atoms with Gasteiger partial charge in [-0.2, -0.15) is 0 Å². The average molecular weight is 331 g/mol. The van der Waals surface area contributed by atoms with Gasteiger partial charge in [-0.1, -0.05) is 38.3 Å². The van der Waals surface area contributed by atoms with Crippen LogP contribution in [0.4, 0.5) is 5.69 Å². The van der Waals surface area contributed by atoms with Crippen molar-refractivity contribution in [3.63, 3.8) is 0 Å². The number of rotatable bonds is 3. The zero-order chi connectivity index (χ0) is 13.1. The highest BCUT2D eigenvalue weighted by Crippen LogP contribution is 2.33. The van der Waals surface area contributed by atoms with Gasteiger partial charge in [0, 0.05) is 15.5 Å². The van der Waals surface area contributed by atoms with Crippen LogP contribution in [0.15, 0.2) is 22.7 Å². The summed E-state index contributed by atoms with van der Waals surface area (Å²) in [7, 11) is 0. The molecular formula is C15H21BrClN. The average Bonchev–Trinajstić information content (AvgIpc) is 2.34. The van der Waals surface area contributed by atoms with Gasteiger partial charge in [0.05, 0.1) is 5.69 Å². The number of anilines is 1. The van der Waals surface area contributed by atoms with E-state index in [0.29, 0.717) is 6.04 Å². The summed E-state index contributed by atoms with van der Waals surface area (Å²) in [6, 6.07) is 6.51. The molecule has 100 valence electrons. The van der Waals surface area contributed by atoms with Gasteiger partial charge in [-0.15, -0.1) is 0 Å². The van der Waals surface area contributed by atoms with Crippen LogP contribution in [0.2, 0.25) is 5.02 Å². The van der Waals surface area contributed by atoms with Gasteiger partial charge in [-0.05, 0) is 58.8 Å². The third kappa shape index (κ3) is 3.64. The van der Waals surface area contributed by atoms with Crippen LogP contribution in [-0.4, -0.2) is 6.04 Å². The summed E-state index contributed by atoms with van der Waals surface area (Å²) in [6.45, 7) is 4.67. The monoisotopic (exact) mass is 329 g/mol. The van der Waals surface area contributed by atoms with E-state index >= 15 is 0 Å². The van der Waals surface area contributed by atoms with E-state index in [0.717, 1.165) is 27.0 Å². The molecule has 1 aromatic rings. The molecule has 1 aliphatic carbocycles. The molecule has 1 fully saturated rings. The first-order chi connectivity index (χ1) is 8.56. The zero-order valence-corrected chi connectivity index (χ0v) is 13.4. The predicted molar refractivity (Wildman–Crippen MR) is 83.4 cm³/mol. The molecule has 0 radical (unpaired) electrons. The molecule has 1 aliphatic rings. The second kappa shape index (κ2) is 6.29. The molecule has 0 aliphatic heterocycles. The molecule has 2 rings (SSSR count). The third-order valence-electron chi connectivity index (χ3n) is 3.95. The van der Waals surface area contributed by atoms with Crippen LogP contribution >= 0.6 is 27.5 Å². The molecule has 1 aromatic carbocycles. The Kier molecular flexibility index (Phi) is 4.97. The molecule has 0 spiro atoms. The van der Waals surface area contributed by atoms with E-state index in [9.17, 15) is 0 Å². The Morgan fingerprint density at radius 1 is 1.33 bits per heavy atom. The standard InChI is InChI=1S/C15H21BrClN/c1-10(2)11-4-3-5-13(8-11)18-15-9-12(17)6-7-14(15)16/h6-7,9-11,13,18H,3-5,8H2,1-2H3. The van der Waals surface area contributed by atoms with E-state index in [-0.39, 0.29) is 0 Å². The molecule has 18 heavy (non-hydrogen) atoms. The Morgan fingerprint density at radius 3 is 2.83 bits per heavy atom. The summed E-state index contributed by atoms with van der Waals surface area (Å²) in [4.78, 5) is 0. The van der Waals surface area contributed by atoms with Crippen molar-refractivity contribution in [3.05, 3.63) is 27.7 Å². The summed E-state index contributed by atoms with van der Waals surface area (Å²) < 4.78 is 1.10. The minimum Gasteiger partial charge on any atom is -0.381 e. The molecule has 1 nitrogen and oxygen atoms in total. The molecule has 3 heteroatoms. The lowest BCUT2D eigenvalue weighted by molar-refractivity contribution is 0.264. The second-order valence-electron chi connectivity index (χ2n) is 5.64. The summed E-state index contributed by atoms with van der Waals surface area (Å²) in [5, 5.41) is 4.43. The van der Waals surface area contributed by atoms with E-state index in [2.05, 4.69) is 35.1 Å². The van der Waals surface area contributed by atoms with Crippen molar-refractivity contribution >= 4 is 33.2 Å². The number of benzene rings is 1. The largest absolute Gasteiger partial charge is 0.381 e. The second-order valence-corrected chi connectivity index (χ2v) is 6.93. The summed E-state index contributed by atoms with van der Waals surface area (Å²) in [5.74, 6) is 1.65. The van der Waals surface area contributed by atoms with E-state index in [4.69, 9.17) is 11.6 Å². The maximum absolute atomic E-state index is 6.05. The molecule has 0 saturated heterocycles. The Hall–Kier alpha value is -0.210. The molecule has 0 amide bonds. The predicted octanol–water partition coefficient (Wildman–Crippen LogP) is 5.73. The Labute approximate surface area is 123 Å². The molecule has 2 atom stereocenters. The maximum Gasteiger partial charge on any atom is 0.0501 e. The fourth-order valence-corrected chi connectivity index (χ4v) is 3.33. The first-order valence-corrected chi connectivity index (χ1v) is 7.95. The molecule has 0 aromatic heterocycles. The summed E-state index contributed by atoms with van der Waals surface area (Å²) in [5.41, 5.74) is 1.12. The molecule has 1 saturated carbocycles. The van der Waals surface area contributed by atoms with Crippen LogP contribution in [-0.2, 0) is 0 Å². The highest BCUT2D eigenvalue weighted by molar-refractivity contribution is 9.10. The van der Waals surface area contributed by atoms with E-state index in [1.807, 2.05) is 18.2 Å². The van der Waals surface area contributed by atoms with E-state index in [1.54, 1.807) is 0 Å². The fourth-order valence-electron chi connectivity index (χ4n) is 2.79. The van der Waals surface area contributed by atoms with Gasteiger partial charge in [0.2, 0.25) is 0 Å². The van der Waals surface area contributed by atoms with Crippen LogP contribution < -0.4 is 5.32 Å². The first kappa shape index (κ1) is 14.2. The SMILES string of the molecule is CC(C)C1CCCC(Nc2cc(Cl)ccc2Br)C1. The van der Waals surface area contributed by atoms with Crippen molar-refractivity contribution < 1.29 is 0 Å². The first-order valence-electron chi connectivity index (χ1n) is 6.78. The highest BCUT2D eigenvalue weighted by atomic mass is 79.9. The van der Waals surface area contributed by atoms with Gasteiger partial charge in [0.25, 0.3) is 0 Å². The van der Waals surface area contributed by atoms with Crippen LogP contribution in [0, 0.1) is 11.8 Å². The van der Waals surface area contributed by atoms with Crippen molar-refractivity contribution in [1.29, 1.82) is 0 Å². The van der Waals surface area contributed by atoms with Gasteiger partial charge in [0.1, 0.15) is 0 Å². The maximum atomic E-state index is 6.05. The number of hydrogen-bond donors (Lipinski definition) is 1. The topological polar surface area (TPSA) is 12.0 Å². The van der Waals surface area contributed by atoms with Crippen LogP contribution in [0.3, 0.4) is 0 Å². The molecule has 0 bridgehead atoms. The van der Waals surface area contributed by atoms with Crippen LogP contribution in [0.1, 0.15) is 39.5 Å². The number of halogens is 2. The smallest absolute Gasteiger partial charge is 0.0501 e. The van der Waals surface area contributed by atoms with Gasteiger partial charge in [-0.3, -0.25) is 0 Å². The van der Waals surface area contributed by atoms with Gasteiger partial charge in [0.15, 0.2) is 0 Å². The van der Waals surface area contributed by atoms with Crippen LogP contribution in [0.25, 0.3) is 0 Å². The molecule has 2 unspecified atom stereocenters. The van der Waals surface area contributed by atoms with Gasteiger partial charge in [-0.25, -0.2) is 0 Å². The number of nitrogens with one attached hydrogen (secondary N) is 1. The minimum atomic E-state index is 0.584. The highest BCUT2D eigenvalue weighted by Gasteiger charge is 2.24. The Morgan fingerprint density at radius 2 is 2.11 bits per heavy atom. The Balaban J connectivity index is 2.02. The normalized spacial score (nSPS) is 24.3. The van der Waals surface area contributed by atoms with E-state index < -0.39 is 0 Å². The molecule has 1 N–H and O–H groups in total. The molecular weight excluding hydrogens is 310 g/mol. The van der Waals surface area contributed by atoms with Crippen molar-refractivity contribution in [1.82, 2.24) is 0 Å². The van der Waals surface area contributed by atoms with Crippen molar-refractivity contribution in [2.45, 2.75) is 45.6 Å². The van der Waals surface area contributed by atoms with Crippen molar-refractivity contribution in [3.8, 4) is 0 Å². The van der Waals surface area contributed by atoms with Gasteiger partial charge < -0.3 is 5.32 Å².